The predicted molar refractivity (Wildman–Crippen MR) is 153 cm³/mol. The van der Waals surface area contributed by atoms with E-state index in [1.54, 1.807) is 26.8 Å². The van der Waals surface area contributed by atoms with Gasteiger partial charge in [0.05, 0.1) is 0 Å². The minimum atomic E-state index is -3.24. The molecule has 5 rings (SSSR count). The molecule has 1 saturated heterocycles. The molecule has 222 valence electrons. The van der Waals surface area contributed by atoms with E-state index in [1.807, 2.05) is 33.8 Å². The number of Topliss-reactive ketones (excluding diaryl/α,β-unsaturated/α-hetero) is 1. The number of benzene rings is 2. The molecule has 2 aromatic carbocycles. The lowest BCUT2D eigenvalue weighted by atomic mass is 9.97. The van der Waals surface area contributed by atoms with E-state index in [0.29, 0.717) is 17.5 Å². The molecule has 41 heavy (non-hydrogen) atoms. The first kappa shape index (κ1) is 30.7. The normalized spacial score (nSPS) is 21.9. The Labute approximate surface area is 241 Å². The summed E-state index contributed by atoms with van der Waals surface area (Å²) in [5.41, 5.74) is 0.711. The van der Waals surface area contributed by atoms with Gasteiger partial charge in [0.1, 0.15) is 11.6 Å². The Kier molecular flexibility index (Phi) is 8.63. The van der Waals surface area contributed by atoms with Crippen molar-refractivity contribution in [1.82, 2.24) is 4.90 Å². The van der Waals surface area contributed by atoms with Crippen LogP contribution in [0.25, 0.3) is 11.1 Å². The molecule has 0 aromatic heterocycles. The van der Waals surface area contributed by atoms with Crippen molar-refractivity contribution in [3.8, 4) is 11.1 Å². The summed E-state index contributed by atoms with van der Waals surface area (Å²) in [4.78, 5) is 40.5. The number of likely N-dealkylation sites (tertiary alicyclic amines) is 1. The molecule has 0 radical (unpaired) electrons. The second-order valence-electron chi connectivity index (χ2n) is 12.2. The van der Waals surface area contributed by atoms with E-state index in [1.165, 1.54) is 29.2 Å². The summed E-state index contributed by atoms with van der Waals surface area (Å²) in [7, 11) is 0. The highest BCUT2D eigenvalue weighted by Gasteiger charge is 2.51. The quantitative estimate of drug-likeness (QED) is 0.271. The van der Waals surface area contributed by atoms with E-state index in [4.69, 9.17) is 9.47 Å². The molecular weight excluding hydrogens is 528 g/mol. The zero-order valence-corrected chi connectivity index (χ0v) is 25.1. The number of alkyl halides is 2. The number of halogens is 2. The van der Waals surface area contributed by atoms with Gasteiger partial charge in [0, 0.05) is 22.7 Å². The molecule has 2 aliphatic carbocycles. The number of hydrogen-bond acceptors (Lipinski definition) is 5. The molecule has 0 bridgehead atoms. The van der Waals surface area contributed by atoms with Gasteiger partial charge >= 0.3 is 12.1 Å². The standard InChI is InChI=1S/C31H35F2NO5.C2H6/c1-17(2)18-9-11-21-22-12-10-20(14-24(22)31(32,33)23(21)13-18)27(35)16-38-28(36)26-15-19-7-6-8-25(19)34(26)29(37)39-30(3,4)5;1-2/h9-14,17,19,25-26H,6-8,15-16H2,1-5H3;1-2H3. The molecule has 6 nitrogen and oxygen atoms in total. The first-order valence-corrected chi connectivity index (χ1v) is 14.7. The lowest BCUT2D eigenvalue weighted by Crippen LogP contribution is -2.47. The molecule has 0 N–H and O–H groups in total. The van der Waals surface area contributed by atoms with E-state index < -0.39 is 42.0 Å². The minimum absolute atomic E-state index is 0.0467. The van der Waals surface area contributed by atoms with Crippen LogP contribution < -0.4 is 0 Å². The van der Waals surface area contributed by atoms with E-state index >= 15 is 8.78 Å². The topological polar surface area (TPSA) is 72.9 Å². The first-order valence-electron chi connectivity index (χ1n) is 14.7. The molecule has 0 spiro atoms. The molecule has 1 aliphatic heterocycles. The number of esters is 1. The Morgan fingerprint density at radius 2 is 1.63 bits per heavy atom. The molecule has 1 amide bonds. The fraction of sp³-hybridized carbons (Fsp3) is 0.545. The predicted octanol–water partition coefficient (Wildman–Crippen LogP) is 7.86. The van der Waals surface area contributed by atoms with Crippen LogP contribution in [-0.4, -0.2) is 47.0 Å². The third-order valence-corrected chi connectivity index (χ3v) is 8.08. The number of carbonyl (C=O) groups excluding carboxylic acids is 3. The molecule has 3 unspecified atom stereocenters. The molecule has 1 saturated carbocycles. The van der Waals surface area contributed by atoms with Crippen LogP contribution in [-0.2, 0) is 20.2 Å². The van der Waals surface area contributed by atoms with E-state index in [0.717, 1.165) is 24.8 Å². The van der Waals surface area contributed by atoms with Gasteiger partial charge in [-0.15, -0.1) is 0 Å². The Morgan fingerprint density at radius 1 is 1.00 bits per heavy atom. The number of nitrogens with zero attached hydrogens (tertiary/aromatic N) is 1. The lowest BCUT2D eigenvalue weighted by Gasteiger charge is -2.31. The Hall–Kier alpha value is -3.29. The van der Waals surface area contributed by atoms with Crippen molar-refractivity contribution in [1.29, 1.82) is 0 Å². The summed E-state index contributed by atoms with van der Waals surface area (Å²) in [6.45, 7) is 12.6. The highest BCUT2D eigenvalue weighted by atomic mass is 19.3. The van der Waals surface area contributed by atoms with Crippen LogP contribution in [0.5, 0.6) is 0 Å². The Morgan fingerprint density at radius 3 is 2.27 bits per heavy atom. The van der Waals surface area contributed by atoms with Gasteiger partial charge in [-0.2, -0.15) is 8.78 Å². The van der Waals surface area contributed by atoms with E-state index in [9.17, 15) is 14.4 Å². The molecule has 2 fully saturated rings. The van der Waals surface area contributed by atoms with Crippen molar-refractivity contribution in [3.05, 3.63) is 58.7 Å². The van der Waals surface area contributed by atoms with Crippen molar-refractivity contribution < 1.29 is 32.6 Å². The van der Waals surface area contributed by atoms with Gasteiger partial charge in [0.25, 0.3) is 5.92 Å². The number of amides is 1. The van der Waals surface area contributed by atoms with Crippen molar-refractivity contribution in [2.75, 3.05) is 6.61 Å². The van der Waals surface area contributed by atoms with Crippen LogP contribution in [0.2, 0.25) is 0 Å². The summed E-state index contributed by atoms with van der Waals surface area (Å²) in [6.07, 6.45) is 2.57. The fourth-order valence-electron chi connectivity index (χ4n) is 6.17. The van der Waals surface area contributed by atoms with Crippen molar-refractivity contribution in [3.63, 3.8) is 0 Å². The van der Waals surface area contributed by atoms with Crippen LogP contribution in [0.15, 0.2) is 36.4 Å². The maximum Gasteiger partial charge on any atom is 0.411 e. The van der Waals surface area contributed by atoms with Crippen LogP contribution in [0.4, 0.5) is 13.6 Å². The maximum atomic E-state index is 15.4. The van der Waals surface area contributed by atoms with Crippen LogP contribution in [0.3, 0.4) is 0 Å². The smallest absolute Gasteiger partial charge is 0.411 e. The highest BCUT2D eigenvalue weighted by Crippen LogP contribution is 2.51. The number of fused-ring (bicyclic) bond motifs is 4. The molecule has 3 aliphatic rings. The first-order chi connectivity index (χ1) is 19.3. The summed E-state index contributed by atoms with van der Waals surface area (Å²) in [5, 5.41) is 0. The van der Waals surface area contributed by atoms with Gasteiger partial charge in [-0.05, 0) is 80.7 Å². The number of hydrogen-bond donors (Lipinski definition) is 0. The molecule has 1 heterocycles. The Balaban J connectivity index is 0.00000189. The van der Waals surface area contributed by atoms with E-state index in [-0.39, 0.29) is 34.6 Å². The van der Waals surface area contributed by atoms with Gasteiger partial charge in [-0.1, -0.05) is 58.4 Å². The maximum absolute atomic E-state index is 15.4. The van der Waals surface area contributed by atoms with E-state index in [2.05, 4.69) is 0 Å². The third kappa shape index (κ3) is 5.88. The van der Waals surface area contributed by atoms with Gasteiger partial charge in [-0.3, -0.25) is 9.69 Å². The second kappa shape index (κ2) is 11.5. The van der Waals surface area contributed by atoms with Gasteiger partial charge in [-0.25, -0.2) is 9.59 Å². The summed E-state index contributed by atoms with van der Waals surface area (Å²) < 4.78 is 41.8. The summed E-state index contributed by atoms with van der Waals surface area (Å²) in [5.74, 6) is -4.21. The van der Waals surface area contributed by atoms with Crippen molar-refractivity contribution >= 4 is 17.8 Å². The molecule has 2 aromatic rings. The van der Waals surface area contributed by atoms with Gasteiger partial charge < -0.3 is 9.47 Å². The van der Waals surface area contributed by atoms with Gasteiger partial charge in [0.2, 0.25) is 0 Å². The van der Waals surface area contributed by atoms with Crippen molar-refractivity contribution in [2.45, 2.75) is 104 Å². The monoisotopic (exact) mass is 569 g/mol. The van der Waals surface area contributed by atoms with Crippen LogP contribution in [0.1, 0.15) is 107 Å². The van der Waals surface area contributed by atoms with Crippen LogP contribution in [0, 0.1) is 5.92 Å². The number of rotatable bonds is 5. The zero-order chi connectivity index (χ0) is 30.3. The third-order valence-electron chi connectivity index (χ3n) is 8.08. The fourth-order valence-corrected chi connectivity index (χ4v) is 6.17. The average Bonchev–Trinajstić information content (AvgIpc) is 3.58. The minimum Gasteiger partial charge on any atom is -0.456 e. The number of ketones is 1. The molecule has 3 atom stereocenters. The molecular formula is C33H41F2NO5. The largest absolute Gasteiger partial charge is 0.456 e. The Bertz CT molecular complexity index is 1330. The zero-order valence-electron chi connectivity index (χ0n) is 25.1. The highest BCUT2D eigenvalue weighted by molar-refractivity contribution is 5.99. The van der Waals surface area contributed by atoms with Gasteiger partial charge in [0.15, 0.2) is 12.4 Å². The SMILES string of the molecule is CC.CC(C)c1ccc2c(c1)C(F)(F)c1cc(C(=O)COC(=O)C3CC4CCCC4N3C(=O)OC(C)(C)C)ccc1-2. The van der Waals surface area contributed by atoms with Crippen LogP contribution >= 0.6 is 0 Å². The summed E-state index contributed by atoms with van der Waals surface area (Å²) in [6, 6.07) is 8.39. The van der Waals surface area contributed by atoms with Crippen molar-refractivity contribution in [2.24, 2.45) is 5.92 Å². The average molecular weight is 570 g/mol. The molecule has 8 heteroatoms. The number of carbonyl (C=O) groups is 3. The summed E-state index contributed by atoms with van der Waals surface area (Å²) >= 11 is 0. The number of ether oxygens (including phenoxy) is 2. The lowest BCUT2D eigenvalue weighted by molar-refractivity contribution is -0.148. The second-order valence-corrected chi connectivity index (χ2v) is 12.2.